The highest BCUT2D eigenvalue weighted by Crippen LogP contribution is 2.29. The predicted molar refractivity (Wildman–Crippen MR) is 70.8 cm³/mol. The second-order valence-corrected chi connectivity index (χ2v) is 4.58. The molecule has 18 heavy (non-hydrogen) atoms. The third-order valence-corrected chi connectivity index (χ3v) is 3.15. The average Bonchev–Trinajstić information content (AvgIpc) is 2.39. The zero-order valence-corrected chi connectivity index (χ0v) is 11.1. The van der Waals surface area contributed by atoms with Gasteiger partial charge in [0.1, 0.15) is 18.0 Å². The summed E-state index contributed by atoms with van der Waals surface area (Å²) >= 11 is 0. The molecule has 1 aromatic heterocycles. The van der Waals surface area contributed by atoms with E-state index in [4.69, 9.17) is 9.47 Å². The predicted octanol–water partition coefficient (Wildman–Crippen LogP) is 2.01. The quantitative estimate of drug-likeness (QED) is 0.804. The fourth-order valence-corrected chi connectivity index (χ4v) is 2.23. The molecule has 1 aromatic rings. The van der Waals surface area contributed by atoms with Crippen LogP contribution in [-0.2, 0) is 4.74 Å². The number of nitrogens with zero attached hydrogens (tertiary/aromatic N) is 1. The summed E-state index contributed by atoms with van der Waals surface area (Å²) in [6, 6.07) is 4.24. The Kier molecular flexibility index (Phi) is 4.96. The van der Waals surface area contributed by atoms with Crippen LogP contribution in [0.5, 0.6) is 5.75 Å². The number of ether oxygens (including phenoxy) is 2. The third kappa shape index (κ3) is 3.21. The van der Waals surface area contributed by atoms with Gasteiger partial charge in [0, 0.05) is 25.3 Å². The molecule has 0 saturated heterocycles. The summed E-state index contributed by atoms with van der Waals surface area (Å²) in [5.74, 6) is 0.822. The van der Waals surface area contributed by atoms with Gasteiger partial charge in [0.2, 0.25) is 0 Å². The normalized spacial score (nSPS) is 26.7. The molecule has 1 saturated carbocycles. The van der Waals surface area contributed by atoms with Crippen LogP contribution in [0.3, 0.4) is 0 Å². The highest BCUT2D eigenvalue weighted by atomic mass is 16.5. The number of aromatic nitrogens is 1. The first kappa shape index (κ1) is 13.3. The van der Waals surface area contributed by atoms with E-state index in [-0.39, 0.29) is 12.2 Å². The van der Waals surface area contributed by atoms with E-state index in [9.17, 15) is 0 Å². The van der Waals surface area contributed by atoms with E-state index in [2.05, 4.69) is 24.1 Å². The Morgan fingerprint density at radius 1 is 1.44 bits per heavy atom. The maximum absolute atomic E-state index is 5.91. The van der Waals surface area contributed by atoms with E-state index in [0.717, 1.165) is 31.7 Å². The molecule has 2 rings (SSSR count). The minimum Gasteiger partial charge on any atom is -0.486 e. The van der Waals surface area contributed by atoms with Gasteiger partial charge in [0.15, 0.2) is 0 Å². The van der Waals surface area contributed by atoms with Crippen molar-refractivity contribution in [1.29, 1.82) is 0 Å². The molecule has 1 heterocycles. The molecule has 100 valence electrons. The minimum atomic E-state index is 0.143. The second-order valence-electron chi connectivity index (χ2n) is 4.58. The van der Waals surface area contributed by atoms with Crippen LogP contribution in [0.15, 0.2) is 24.5 Å². The summed E-state index contributed by atoms with van der Waals surface area (Å²) in [5, 5.41) is 3.44. The van der Waals surface area contributed by atoms with E-state index in [0.29, 0.717) is 6.04 Å². The van der Waals surface area contributed by atoms with Gasteiger partial charge in [-0.3, -0.25) is 4.98 Å². The van der Waals surface area contributed by atoms with Gasteiger partial charge in [0.25, 0.3) is 0 Å². The highest BCUT2D eigenvalue weighted by molar-refractivity contribution is 5.17. The first-order valence-corrected chi connectivity index (χ1v) is 6.76. The smallest absolute Gasteiger partial charge is 0.138 e. The van der Waals surface area contributed by atoms with Gasteiger partial charge in [0.05, 0.1) is 6.20 Å². The lowest BCUT2D eigenvalue weighted by Gasteiger charge is -2.44. The Morgan fingerprint density at radius 3 is 3.00 bits per heavy atom. The molecule has 0 radical (unpaired) electrons. The van der Waals surface area contributed by atoms with Crippen molar-refractivity contribution >= 4 is 0 Å². The SMILES string of the molecule is CCCOC1C(NCC)CC1Oc1cccnc1. The second kappa shape index (κ2) is 6.71. The molecule has 0 amide bonds. The fraction of sp³-hybridized carbons (Fsp3) is 0.643. The van der Waals surface area contributed by atoms with Crippen molar-refractivity contribution in [1.82, 2.24) is 10.3 Å². The fourth-order valence-electron chi connectivity index (χ4n) is 2.23. The van der Waals surface area contributed by atoms with E-state index in [1.54, 1.807) is 12.4 Å². The lowest BCUT2D eigenvalue weighted by Crippen LogP contribution is -2.61. The van der Waals surface area contributed by atoms with Crippen LogP contribution in [0.25, 0.3) is 0 Å². The first-order chi connectivity index (χ1) is 8.85. The monoisotopic (exact) mass is 250 g/mol. The summed E-state index contributed by atoms with van der Waals surface area (Å²) in [6.45, 7) is 6.00. The van der Waals surface area contributed by atoms with Gasteiger partial charge in [-0.05, 0) is 25.1 Å². The van der Waals surface area contributed by atoms with Gasteiger partial charge >= 0.3 is 0 Å². The molecule has 0 bridgehead atoms. The maximum atomic E-state index is 5.91. The molecule has 0 aliphatic heterocycles. The van der Waals surface area contributed by atoms with Crippen LogP contribution in [0.1, 0.15) is 26.7 Å². The Bertz CT molecular complexity index is 345. The zero-order chi connectivity index (χ0) is 12.8. The number of nitrogens with one attached hydrogen (secondary N) is 1. The largest absolute Gasteiger partial charge is 0.486 e. The van der Waals surface area contributed by atoms with Crippen molar-refractivity contribution in [3.8, 4) is 5.75 Å². The van der Waals surface area contributed by atoms with Gasteiger partial charge in [-0.1, -0.05) is 13.8 Å². The molecule has 4 nitrogen and oxygen atoms in total. The summed E-state index contributed by atoms with van der Waals surface area (Å²) in [7, 11) is 0. The molecule has 4 heteroatoms. The Hall–Kier alpha value is -1.13. The van der Waals surface area contributed by atoms with Gasteiger partial charge in [-0.15, -0.1) is 0 Å². The van der Waals surface area contributed by atoms with E-state index in [1.807, 2.05) is 12.1 Å². The van der Waals surface area contributed by atoms with Crippen LogP contribution < -0.4 is 10.1 Å². The van der Waals surface area contributed by atoms with Crippen molar-refractivity contribution < 1.29 is 9.47 Å². The minimum absolute atomic E-state index is 0.143. The topological polar surface area (TPSA) is 43.4 Å². The number of hydrogen-bond donors (Lipinski definition) is 1. The van der Waals surface area contributed by atoms with Crippen LogP contribution in [-0.4, -0.2) is 36.4 Å². The van der Waals surface area contributed by atoms with Crippen molar-refractivity contribution in [2.45, 2.75) is 44.9 Å². The molecule has 3 unspecified atom stereocenters. The lowest BCUT2D eigenvalue weighted by atomic mass is 9.85. The number of rotatable bonds is 7. The lowest BCUT2D eigenvalue weighted by molar-refractivity contribution is -0.107. The Morgan fingerprint density at radius 2 is 2.33 bits per heavy atom. The average molecular weight is 250 g/mol. The Balaban J connectivity index is 1.88. The molecule has 1 fully saturated rings. The number of hydrogen-bond acceptors (Lipinski definition) is 4. The third-order valence-electron chi connectivity index (χ3n) is 3.15. The van der Waals surface area contributed by atoms with Crippen molar-refractivity contribution in [2.24, 2.45) is 0 Å². The molecule has 0 spiro atoms. The molecule has 1 N–H and O–H groups in total. The van der Waals surface area contributed by atoms with Crippen molar-refractivity contribution in [3.05, 3.63) is 24.5 Å². The number of likely N-dealkylation sites (N-methyl/N-ethyl adjacent to an activating group) is 1. The van der Waals surface area contributed by atoms with Crippen molar-refractivity contribution in [2.75, 3.05) is 13.2 Å². The molecule has 0 aromatic carbocycles. The van der Waals surface area contributed by atoms with E-state index < -0.39 is 0 Å². The first-order valence-electron chi connectivity index (χ1n) is 6.76. The van der Waals surface area contributed by atoms with Gasteiger partial charge in [-0.2, -0.15) is 0 Å². The molecular weight excluding hydrogens is 228 g/mol. The van der Waals surface area contributed by atoms with Crippen LogP contribution >= 0.6 is 0 Å². The van der Waals surface area contributed by atoms with E-state index >= 15 is 0 Å². The maximum Gasteiger partial charge on any atom is 0.138 e. The highest BCUT2D eigenvalue weighted by Gasteiger charge is 2.43. The van der Waals surface area contributed by atoms with Crippen LogP contribution in [0.4, 0.5) is 0 Å². The summed E-state index contributed by atoms with van der Waals surface area (Å²) in [5.41, 5.74) is 0. The summed E-state index contributed by atoms with van der Waals surface area (Å²) in [4.78, 5) is 4.06. The number of pyridine rings is 1. The van der Waals surface area contributed by atoms with Gasteiger partial charge in [-0.25, -0.2) is 0 Å². The summed E-state index contributed by atoms with van der Waals surface area (Å²) in [6.07, 6.45) is 5.83. The van der Waals surface area contributed by atoms with Gasteiger partial charge < -0.3 is 14.8 Å². The summed E-state index contributed by atoms with van der Waals surface area (Å²) < 4.78 is 11.8. The molecule has 1 aliphatic carbocycles. The van der Waals surface area contributed by atoms with Crippen LogP contribution in [0, 0.1) is 0 Å². The molecular formula is C14H22N2O2. The standard InChI is InChI=1S/C14H22N2O2/c1-3-8-17-14-12(16-4-2)9-13(14)18-11-6-5-7-15-10-11/h5-7,10,12-14,16H,3-4,8-9H2,1-2H3. The molecule has 3 atom stereocenters. The van der Waals surface area contributed by atoms with Crippen molar-refractivity contribution in [3.63, 3.8) is 0 Å². The van der Waals surface area contributed by atoms with E-state index in [1.165, 1.54) is 0 Å². The van der Waals surface area contributed by atoms with Crippen LogP contribution in [0.2, 0.25) is 0 Å². The molecule has 1 aliphatic rings. The zero-order valence-electron chi connectivity index (χ0n) is 11.1. The Labute approximate surface area is 109 Å².